The SMILES string of the molecule is CCCS(=O)(=O)Nc1cccc(C(=O)N2CCC(CN3CC(C)OC(C)C3)CC2)c1. The van der Waals surface area contributed by atoms with Crippen molar-refractivity contribution in [1.82, 2.24) is 9.80 Å². The van der Waals surface area contributed by atoms with Crippen LogP contribution in [0, 0.1) is 5.92 Å². The molecule has 1 aromatic rings. The molecular weight excluding hydrogens is 402 g/mol. The molecule has 1 N–H and O–H groups in total. The molecule has 0 saturated carbocycles. The molecule has 168 valence electrons. The maximum absolute atomic E-state index is 12.9. The maximum Gasteiger partial charge on any atom is 0.253 e. The molecule has 2 saturated heterocycles. The van der Waals surface area contributed by atoms with Gasteiger partial charge in [-0.3, -0.25) is 14.4 Å². The number of nitrogens with one attached hydrogen (secondary N) is 1. The Kier molecular flexibility index (Phi) is 7.76. The summed E-state index contributed by atoms with van der Waals surface area (Å²) in [6.07, 6.45) is 3.09. The topological polar surface area (TPSA) is 79.0 Å². The summed E-state index contributed by atoms with van der Waals surface area (Å²) in [6.45, 7) is 10.6. The van der Waals surface area contributed by atoms with Crippen molar-refractivity contribution >= 4 is 21.6 Å². The Balaban J connectivity index is 1.53. The molecular formula is C22H35N3O4S. The van der Waals surface area contributed by atoms with Crippen LogP contribution in [0.25, 0.3) is 0 Å². The monoisotopic (exact) mass is 437 g/mol. The standard InChI is InChI=1S/C22H35N3O4S/c1-4-12-30(27,28)23-21-7-5-6-20(13-21)22(26)25-10-8-19(9-11-25)16-24-14-17(2)29-18(3)15-24/h5-7,13,17-19,23H,4,8-12,14-16H2,1-3H3. The highest BCUT2D eigenvalue weighted by atomic mass is 32.2. The number of piperidine rings is 1. The first-order valence-corrected chi connectivity index (χ1v) is 12.7. The van der Waals surface area contributed by atoms with Gasteiger partial charge in [0, 0.05) is 44.0 Å². The van der Waals surface area contributed by atoms with Crippen molar-refractivity contribution < 1.29 is 17.9 Å². The van der Waals surface area contributed by atoms with Gasteiger partial charge in [0.1, 0.15) is 0 Å². The number of rotatable bonds is 7. The largest absolute Gasteiger partial charge is 0.373 e. The predicted molar refractivity (Wildman–Crippen MR) is 119 cm³/mol. The van der Waals surface area contributed by atoms with Crippen molar-refractivity contribution in [3.8, 4) is 0 Å². The zero-order valence-electron chi connectivity index (χ0n) is 18.3. The molecule has 3 rings (SSSR count). The fourth-order valence-corrected chi connectivity index (χ4v) is 5.64. The quantitative estimate of drug-likeness (QED) is 0.710. The van der Waals surface area contributed by atoms with Crippen LogP contribution in [0.2, 0.25) is 0 Å². The van der Waals surface area contributed by atoms with Crippen molar-refractivity contribution in [3.05, 3.63) is 29.8 Å². The third kappa shape index (κ3) is 6.43. The van der Waals surface area contributed by atoms with Gasteiger partial charge in [-0.25, -0.2) is 8.42 Å². The van der Waals surface area contributed by atoms with Gasteiger partial charge in [-0.15, -0.1) is 0 Å². The van der Waals surface area contributed by atoms with E-state index in [2.05, 4.69) is 23.5 Å². The van der Waals surface area contributed by atoms with Crippen LogP contribution < -0.4 is 4.72 Å². The molecule has 0 radical (unpaired) electrons. The summed E-state index contributed by atoms with van der Waals surface area (Å²) in [5.41, 5.74) is 0.973. The van der Waals surface area contributed by atoms with Gasteiger partial charge in [-0.05, 0) is 57.2 Å². The number of amides is 1. The third-order valence-electron chi connectivity index (χ3n) is 5.77. The van der Waals surface area contributed by atoms with Gasteiger partial charge in [-0.2, -0.15) is 0 Å². The summed E-state index contributed by atoms with van der Waals surface area (Å²) in [7, 11) is -3.37. The minimum absolute atomic E-state index is 0.0291. The molecule has 1 amide bonds. The van der Waals surface area contributed by atoms with E-state index in [1.165, 1.54) is 0 Å². The van der Waals surface area contributed by atoms with Gasteiger partial charge in [0.2, 0.25) is 10.0 Å². The molecule has 0 aromatic heterocycles. The first-order valence-electron chi connectivity index (χ1n) is 11.0. The molecule has 2 atom stereocenters. The van der Waals surface area contributed by atoms with Gasteiger partial charge in [-0.1, -0.05) is 13.0 Å². The molecule has 2 unspecified atom stereocenters. The second kappa shape index (κ2) is 10.1. The van der Waals surface area contributed by atoms with Crippen molar-refractivity contribution in [2.75, 3.05) is 43.2 Å². The number of sulfonamides is 1. The van der Waals surface area contributed by atoms with Crippen LogP contribution in [0.4, 0.5) is 5.69 Å². The smallest absolute Gasteiger partial charge is 0.253 e. The summed E-state index contributed by atoms with van der Waals surface area (Å²) in [5.74, 6) is 0.636. The summed E-state index contributed by atoms with van der Waals surface area (Å²) >= 11 is 0. The van der Waals surface area contributed by atoms with E-state index in [1.54, 1.807) is 24.3 Å². The van der Waals surface area contributed by atoms with Gasteiger partial charge in [0.15, 0.2) is 0 Å². The molecule has 0 spiro atoms. The molecule has 2 heterocycles. The van der Waals surface area contributed by atoms with Crippen LogP contribution in [0.5, 0.6) is 0 Å². The Morgan fingerprint density at radius 1 is 1.17 bits per heavy atom. The Morgan fingerprint density at radius 3 is 2.47 bits per heavy atom. The number of hydrogen-bond acceptors (Lipinski definition) is 5. The second-order valence-electron chi connectivity index (χ2n) is 8.71. The summed E-state index contributed by atoms with van der Waals surface area (Å²) < 4.78 is 32.4. The van der Waals surface area contributed by atoms with Crippen LogP contribution in [0.15, 0.2) is 24.3 Å². The Bertz CT molecular complexity index is 811. The van der Waals surface area contributed by atoms with E-state index in [4.69, 9.17) is 4.74 Å². The maximum atomic E-state index is 12.9. The van der Waals surface area contributed by atoms with Crippen molar-refractivity contribution in [2.24, 2.45) is 5.92 Å². The number of hydrogen-bond donors (Lipinski definition) is 1. The predicted octanol–water partition coefficient (Wildman–Crippen LogP) is 2.80. The number of nitrogens with zero attached hydrogens (tertiary/aromatic N) is 2. The number of benzene rings is 1. The lowest BCUT2D eigenvalue weighted by Gasteiger charge is -2.39. The van der Waals surface area contributed by atoms with E-state index in [9.17, 15) is 13.2 Å². The zero-order valence-corrected chi connectivity index (χ0v) is 19.2. The van der Waals surface area contributed by atoms with E-state index in [-0.39, 0.29) is 23.9 Å². The minimum atomic E-state index is -3.37. The minimum Gasteiger partial charge on any atom is -0.373 e. The first kappa shape index (κ1) is 23.0. The van der Waals surface area contributed by atoms with Crippen molar-refractivity contribution in [1.29, 1.82) is 0 Å². The number of carbonyl (C=O) groups excluding carboxylic acids is 1. The van der Waals surface area contributed by atoms with E-state index < -0.39 is 10.0 Å². The lowest BCUT2D eigenvalue weighted by molar-refractivity contribution is -0.0728. The molecule has 30 heavy (non-hydrogen) atoms. The van der Waals surface area contributed by atoms with E-state index >= 15 is 0 Å². The number of anilines is 1. The molecule has 8 heteroatoms. The van der Waals surface area contributed by atoms with Crippen LogP contribution in [-0.4, -0.2) is 74.8 Å². The van der Waals surface area contributed by atoms with Crippen LogP contribution in [0.3, 0.4) is 0 Å². The number of likely N-dealkylation sites (tertiary alicyclic amines) is 1. The average Bonchev–Trinajstić information content (AvgIpc) is 2.67. The van der Waals surface area contributed by atoms with E-state index in [0.29, 0.717) is 23.6 Å². The molecule has 1 aromatic carbocycles. The highest BCUT2D eigenvalue weighted by molar-refractivity contribution is 7.92. The van der Waals surface area contributed by atoms with Gasteiger partial charge < -0.3 is 9.64 Å². The van der Waals surface area contributed by atoms with Crippen LogP contribution >= 0.6 is 0 Å². The summed E-state index contributed by atoms with van der Waals surface area (Å²) in [4.78, 5) is 17.3. The Morgan fingerprint density at radius 2 is 1.83 bits per heavy atom. The first-order chi connectivity index (χ1) is 14.3. The molecule has 7 nitrogen and oxygen atoms in total. The fraction of sp³-hybridized carbons (Fsp3) is 0.682. The van der Waals surface area contributed by atoms with E-state index in [1.807, 2.05) is 11.8 Å². The number of ether oxygens (including phenoxy) is 1. The van der Waals surface area contributed by atoms with Gasteiger partial charge in [0.05, 0.1) is 18.0 Å². The zero-order chi connectivity index (χ0) is 21.7. The normalized spacial score (nSPS) is 24.0. The van der Waals surface area contributed by atoms with Crippen molar-refractivity contribution in [3.63, 3.8) is 0 Å². The third-order valence-corrected chi connectivity index (χ3v) is 7.26. The molecule has 0 aliphatic carbocycles. The molecule has 0 bridgehead atoms. The molecule has 2 fully saturated rings. The summed E-state index contributed by atoms with van der Waals surface area (Å²) in [5, 5.41) is 0. The number of morpholine rings is 1. The van der Waals surface area contributed by atoms with Gasteiger partial charge in [0.25, 0.3) is 5.91 Å². The van der Waals surface area contributed by atoms with Gasteiger partial charge >= 0.3 is 0 Å². The highest BCUT2D eigenvalue weighted by Crippen LogP contribution is 2.23. The Hall–Kier alpha value is -1.64. The van der Waals surface area contributed by atoms with E-state index in [0.717, 1.165) is 45.6 Å². The Labute approximate surface area is 180 Å². The van der Waals surface area contributed by atoms with Crippen LogP contribution in [0.1, 0.15) is 50.4 Å². The second-order valence-corrected chi connectivity index (χ2v) is 10.6. The average molecular weight is 438 g/mol. The highest BCUT2D eigenvalue weighted by Gasteiger charge is 2.28. The number of carbonyl (C=O) groups is 1. The molecule has 2 aliphatic rings. The van der Waals surface area contributed by atoms with Crippen LogP contribution in [-0.2, 0) is 14.8 Å². The lowest BCUT2D eigenvalue weighted by atomic mass is 9.95. The van der Waals surface area contributed by atoms with Crippen molar-refractivity contribution in [2.45, 2.75) is 52.2 Å². The molecule has 2 aliphatic heterocycles. The summed E-state index contributed by atoms with van der Waals surface area (Å²) in [6, 6.07) is 6.80. The lowest BCUT2D eigenvalue weighted by Crippen LogP contribution is -2.48. The fourth-order valence-electron chi connectivity index (χ4n) is 4.51.